The Labute approximate surface area is 116 Å². The van der Waals surface area contributed by atoms with E-state index < -0.39 is 5.97 Å². The second kappa shape index (κ2) is 6.01. The Bertz CT molecular complexity index is 634. The Morgan fingerprint density at radius 1 is 1.30 bits per heavy atom. The second-order valence-corrected chi connectivity index (χ2v) is 4.34. The molecule has 1 amide bonds. The molecule has 0 atom stereocenters. The quantitative estimate of drug-likeness (QED) is 0.854. The summed E-state index contributed by atoms with van der Waals surface area (Å²) in [5, 5.41) is 15.7. The molecule has 1 aromatic carbocycles. The molecule has 2 aromatic rings. The molecule has 0 fully saturated rings. The van der Waals surface area contributed by atoms with E-state index in [9.17, 15) is 9.59 Å². The van der Waals surface area contributed by atoms with Gasteiger partial charge in [0.05, 0.1) is 5.56 Å². The van der Waals surface area contributed by atoms with Crippen molar-refractivity contribution in [3.8, 4) is 0 Å². The smallest absolute Gasteiger partial charge is 0.335 e. The lowest BCUT2D eigenvalue weighted by Crippen LogP contribution is -2.26. The third-order valence-electron chi connectivity index (χ3n) is 2.96. The van der Waals surface area contributed by atoms with Crippen molar-refractivity contribution in [2.24, 2.45) is 7.05 Å². The van der Waals surface area contributed by atoms with E-state index in [-0.39, 0.29) is 11.5 Å². The first-order valence-electron chi connectivity index (χ1n) is 6.16. The number of benzene rings is 1. The number of nitrogens with one attached hydrogen (secondary N) is 1. The largest absolute Gasteiger partial charge is 0.478 e. The molecule has 0 spiro atoms. The van der Waals surface area contributed by atoms with Gasteiger partial charge < -0.3 is 10.4 Å². The monoisotopic (exact) mass is 273 g/mol. The van der Waals surface area contributed by atoms with Crippen LogP contribution >= 0.6 is 0 Å². The third kappa shape index (κ3) is 3.23. The van der Waals surface area contributed by atoms with Gasteiger partial charge in [0, 0.05) is 37.5 Å². The predicted molar refractivity (Wildman–Crippen MR) is 72.6 cm³/mol. The average Bonchev–Trinajstić information content (AvgIpc) is 2.84. The number of aromatic nitrogens is 2. The van der Waals surface area contributed by atoms with E-state index in [2.05, 4.69) is 10.4 Å². The van der Waals surface area contributed by atoms with Gasteiger partial charge in [-0.15, -0.1) is 0 Å². The van der Waals surface area contributed by atoms with Crippen LogP contribution in [0.2, 0.25) is 0 Å². The maximum Gasteiger partial charge on any atom is 0.335 e. The zero-order valence-corrected chi connectivity index (χ0v) is 11.0. The van der Waals surface area contributed by atoms with Crippen LogP contribution in [0.25, 0.3) is 0 Å². The molecule has 6 nitrogen and oxygen atoms in total. The van der Waals surface area contributed by atoms with Gasteiger partial charge in [-0.05, 0) is 24.3 Å². The highest BCUT2D eigenvalue weighted by Crippen LogP contribution is 2.05. The molecule has 2 rings (SSSR count). The van der Waals surface area contributed by atoms with Crippen LogP contribution in [0.4, 0.5) is 0 Å². The summed E-state index contributed by atoms with van der Waals surface area (Å²) < 4.78 is 1.75. The summed E-state index contributed by atoms with van der Waals surface area (Å²) in [5.41, 5.74) is 1.46. The van der Waals surface area contributed by atoms with Crippen LogP contribution in [0.1, 0.15) is 26.4 Å². The van der Waals surface area contributed by atoms with E-state index in [1.165, 1.54) is 12.1 Å². The number of carbonyl (C=O) groups excluding carboxylic acids is 1. The Morgan fingerprint density at radius 2 is 2.05 bits per heavy atom. The van der Waals surface area contributed by atoms with Crippen molar-refractivity contribution in [3.63, 3.8) is 0 Å². The zero-order chi connectivity index (χ0) is 14.5. The van der Waals surface area contributed by atoms with Gasteiger partial charge in [0.15, 0.2) is 0 Å². The molecule has 0 aliphatic heterocycles. The minimum Gasteiger partial charge on any atom is -0.478 e. The van der Waals surface area contributed by atoms with Gasteiger partial charge in [0.25, 0.3) is 5.91 Å². The van der Waals surface area contributed by atoms with Crippen molar-refractivity contribution in [1.29, 1.82) is 0 Å². The highest BCUT2D eigenvalue weighted by atomic mass is 16.4. The fourth-order valence-electron chi connectivity index (χ4n) is 1.85. The maximum absolute atomic E-state index is 11.9. The van der Waals surface area contributed by atoms with Crippen LogP contribution in [0.15, 0.2) is 36.5 Å². The van der Waals surface area contributed by atoms with E-state index >= 15 is 0 Å². The van der Waals surface area contributed by atoms with Gasteiger partial charge in [-0.25, -0.2) is 4.79 Å². The fraction of sp³-hybridized carbons (Fsp3) is 0.214. The van der Waals surface area contributed by atoms with Crippen molar-refractivity contribution in [1.82, 2.24) is 15.1 Å². The lowest BCUT2D eigenvalue weighted by molar-refractivity contribution is 0.0697. The molecule has 2 N–H and O–H groups in total. The summed E-state index contributed by atoms with van der Waals surface area (Å²) >= 11 is 0. The van der Waals surface area contributed by atoms with E-state index in [4.69, 9.17) is 5.11 Å². The Kier molecular flexibility index (Phi) is 4.14. The molecule has 0 saturated carbocycles. The van der Waals surface area contributed by atoms with E-state index in [1.807, 2.05) is 13.1 Å². The lowest BCUT2D eigenvalue weighted by Gasteiger charge is -2.06. The summed E-state index contributed by atoms with van der Waals surface area (Å²) in [7, 11) is 1.84. The molecule has 0 aliphatic rings. The summed E-state index contributed by atoms with van der Waals surface area (Å²) in [6, 6.07) is 7.85. The number of amides is 1. The zero-order valence-electron chi connectivity index (χ0n) is 11.0. The van der Waals surface area contributed by atoms with Gasteiger partial charge in [-0.2, -0.15) is 5.10 Å². The molecular formula is C14H15N3O3. The van der Waals surface area contributed by atoms with Crippen LogP contribution in [-0.2, 0) is 13.5 Å². The SMILES string of the molecule is Cn1nccc1CCNC(=O)c1cccc(C(=O)O)c1. The highest BCUT2D eigenvalue weighted by Gasteiger charge is 2.09. The van der Waals surface area contributed by atoms with Crippen LogP contribution in [-0.4, -0.2) is 33.3 Å². The molecule has 6 heteroatoms. The lowest BCUT2D eigenvalue weighted by atomic mass is 10.1. The summed E-state index contributed by atoms with van der Waals surface area (Å²) in [6.45, 7) is 0.468. The van der Waals surface area contributed by atoms with Gasteiger partial charge in [-0.1, -0.05) is 6.07 Å². The number of hydrogen-bond acceptors (Lipinski definition) is 3. The van der Waals surface area contributed by atoms with Gasteiger partial charge in [0.1, 0.15) is 0 Å². The number of rotatable bonds is 5. The molecule has 0 aliphatic carbocycles. The van der Waals surface area contributed by atoms with Crippen LogP contribution < -0.4 is 5.32 Å². The summed E-state index contributed by atoms with van der Waals surface area (Å²) in [6.07, 6.45) is 2.37. The molecule has 1 heterocycles. The number of carbonyl (C=O) groups is 2. The first-order chi connectivity index (χ1) is 9.58. The number of aryl methyl sites for hydroxylation is 1. The number of nitrogens with zero attached hydrogens (tertiary/aromatic N) is 2. The first kappa shape index (κ1) is 13.8. The second-order valence-electron chi connectivity index (χ2n) is 4.34. The number of carboxylic acids is 1. The van der Waals surface area contributed by atoms with E-state index in [0.717, 1.165) is 5.69 Å². The number of hydrogen-bond donors (Lipinski definition) is 2. The molecule has 1 aromatic heterocycles. The highest BCUT2D eigenvalue weighted by molar-refractivity contribution is 5.97. The Hall–Kier alpha value is -2.63. The molecule has 0 unspecified atom stereocenters. The normalized spacial score (nSPS) is 10.2. The molecule has 0 bridgehead atoms. The topological polar surface area (TPSA) is 84.2 Å². The van der Waals surface area contributed by atoms with Crippen LogP contribution in [0, 0.1) is 0 Å². The minimum absolute atomic E-state index is 0.101. The third-order valence-corrected chi connectivity index (χ3v) is 2.96. The number of carboxylic acid groups (broad SMARTS) is 1. The molecule has 104 valence electrons. The van der Waals surface area contributed by atoms with Gasteiger partial charge >= 0.3 is 5.97 Å². The first-order valence-corrected chi connectivity index (χ1v) is 6.16. The van der Waals surface area contributed by atoms with Crippen molar-refractivity contribution in [3.05, 3.63) is 53.3 Å². The Balaban J connectivity index is 1.93. The molecule has 0 saturated heterocycles. The summed E-state index contributed by atoms with van der Waals surface area (Å²) in [4.78, 5) is 22.7. The maximum atomic E-state index is 11.9. The van der Waals surface area contributed by atoms with Crippen molar-refractivity contribution in [2.75, 3.05) is 6.54 Å². The summed E-state index contributed by atoms with van der Waals surface area (Å²) in [5.74, 6) is -1.33. The van der Waals surface area contributed by atoms with Crippen LogP contribution in [0.5, 0.6) is 0 Å². The Morgan fingerprint density at radius 3 is 2.70 bits per heavy atom. The fourth-order valence-corrected chi connectivity index (χ4v) is 1.85. The predicted octanol–water partition coefficient (Wildman–Crippen LogP) is 1.09. The van der Waals surface area contributed by atoms with Gasteiger partial charge in [0.2, 0.25) is 0 Å². The van der Waals surface area contributed by atoms with Crippen molar-refractivity contribution < 1.29 is 14.7 Å². The molecule has 0 radical (unpaired) electrons. The number of aromatic carboxylic acids is 1. The molecular weight excluding hydrogens is 258 g/mol. The van der Waals surface area contributed by atoms with Crippen LogP contribution in [0.3, 0.4) is 0 Å². The molecule has 20 heavy (non-hydrogen) atoms. The minimum atomic E-state index is -1.05. The van der Waals surface area contributed by atoms with E-state index in [1.54, 1.807) is 23.0 Å². The van der Waals surface area contributed by atoms with Gasteiger partial charge in [-0.3, -0.25) is 9.48 Å². The van der Waals surface area contributed by atoms with E-state index in [0.29, 0.717) is 18.5 Å². The average molecular weight is 273 g/mol. The van der Waals surface area contributed by atoms with Crippen molar-refractivity contribution in [2.45, 2.75) is 6.42 Å². The standard InChI is InChI=1S/C14H15N3O3/c1-17-12(6-8-16-17)5-7-15-13(18)10-3-2-4-11(9-10)14(19)20/h2-4,6,8-9H,5,7H2,1H3,(H,15,18)(H,19,20). The van der Waals surface area contributed by atoms with Crippen molar-refractivity contribution >= 4 is 11.9 Å².